The Morgan fingerprint density at radius 3 is 2.21 bits per heavy atom. The van der Waals surface area contributed by atoms with Crippen molar-refractivity contribution in [2.45, 2.75) is 32.0 Å². The molecule has 2 fully saturated rings. The number of fused-ring (bicyclic) bond motifs is 1. The molecule has 2 N–H and O–H groups in total. The summed E-state index contributed by atoms with van der Waals surface area (Å²) in [5, 5.41) is 15.2. The van der Waals surface area contributed by atoms with Gasteiger partial charge < -0.3 is 5.11 Å². The normalized spacial score (nSPS) is 16.7. The Labute approximate surface area is 195 Å². The predicted octanol–water partition coefficient (Wildman–Crippen LogP) is 4.34. The van der Waals surface area contributed by atoms with Crippen molar-refractivity contribution in [3.05, 3.63) is 48.0 Å². The van der Waals surface area contributed by atoms with Crippen LogP contribution in [-0.2, 0) is 6.54 Å². The number of amides is 1. The molecule has 3 heterocycles. The third-order valence-corrected chi connectivity index (χ3v) is 5.46. The minimum atomic E-state index is -4.16. The number of hydrogen-bond acceptors (Lipinski definition) is 5. The summed E-state index contributed by atoms with van der Waals surface area (Å²) in [5.74, 6) is 0.00114. The second-order valence-corrected chi connectivity index (χ2v) is 8.47. The fourth-order valence-corrected chi connectivity index (χ4v) is 3.67. The highest BCUT2D eigenvalue weighted by Gasteiger charge is 2.32. The molecule has 34 heavy (non-hydrogen) atoms. The number of hydrogen-bond donors (Lipinski definition) is 2. The maximum absolute atomic E-state index is 12.5. The first-order valence-electron chi connectivity index (χ1n) is 11.2. The third kappa shape index (κ3) is 6.91. The summed E-state index contributed by atoms with van der Waals surface area (Å²) < 4.78 is 39.1. The number of nitrogens with zero attached hydrogens (tertiary/aromatic N) is 5. The molecular weight excluding hydrogens is 449 g/mol. The molecule has 3 aromatic rings. The molecule has 0 spiro atoms. The van der Waals surface area contributed by atoms with E-state index in [1.54, 1.807) is 10.6 Å². The molecule has 1 saturated heterocycles. The lowest BCUT2D eigenvalue weighted by molar-refractivity contribution is -0.149. The van der Waals surface area contributed by atoms with Crippen LogP contribution in [-0.4, -0.2) is 74.5 Å². The maximum atomic E-state index is 12.5. The van der Waals surface area contributed by atoms with E-state index < -0.39 is 18.8 Å². The van der Waals surface area contributed by atoms with Gasteiger partial charge in [-0.05, 0) is 17.7 Å². The van der Waals surface area contributed by atoms with Crippen molar-refractivity contribution < 1.29 is 23.1 Å². The number of carboxylic acid groups (broad SMARTS) is 1. The van der Waals surface area contributed by atoms with Gasteiger partial charge >= 0.3 is 12.3 Å². The summed E-state index contributed by atoms with van der Waals surface area (Å²) >= 11 is 0. The van der Waals surface area contributed by atoms with Gasteiger partial charge in [-0.1, -0.05) is 49.6 Å². The highest BCUT2D eigenvalue weighted by molar-refractivity contribution is 5.80. The largest absolute Gasteiger partial charge is 0.465 e. The summed E-state index contributed by atoms with van der Waals surface area (Å²) in [6.07, 6.45) is -0.892. The summed E-state index contributed by atoms with van der Waals surface area (Å²) in [4.78, 5) is 18.5. The average Bonchev–Trinajstić information content (AvgIpc) is 3.60. The van der Waals surface area contributed by atoms with Gasteiger partial charge in [-0.2, -0.15) is 18.2 Å². The van der Waals surface area contributed by atoms with Gasteiger partial charge in [0.2, 0.25) is 0 Å². The molecule has 0 bridgehead atoms. The number of benzene rings is 1. The fourth-order valence-electron chi connectivity index (χ4n) is 3.67. The SMILES string of the molecule is C1CC1.O=C(O)Nc1nc2cccc(-c3ccc(CN4CCN(CC(F)(F)F)CC4)cc3)n2n1. The number of carbonyl (C=O) groups is 1. The zero-order valence-corrected chi connectivity index (χ0v) is 18.6. The Balaban J connectivity index is 0.000000846. The van der Waals surface area contributed by atoms with Crippen LogP contribution in [0.3, 0.4) is 0 Å². The molecule has 11 heteroatoms. The van der Waals surface area contributed by atoms with Crippen LogP contribution in [0.5, 0.6) is 0 Å². The van der Waals surface area contributed by atoms with E-state index in [4.69, 9.17) is 5.11 Å². The average molecular weight is 477 g/mol. The van der Waals surface area contributed by atoms with E-state index in [2.05, 4.69) is 20.3 Å². The molecular formula is C23H27F3N6O2. The van der Waals surface area contributed by atoms with E-state index in [-0.39, 0.29) is 5.95 Å². The Bertz CT molecular complexity index is 1100. The zero-order chi connectivity index (χ0) is 24.1. The molecule has 5 rings (SSSR count). The molecule has 0 radical (unpaired) electrons. The van der Waals surface area contributed by atoms with Gasteiger partial charge in [0, 0.05) is 38.3 Å². The predicted molar refractivity (Wildman–Crippen MR) is 122 cm³/mol. The maximum Gasteiger partial charge on any atom is 0.411 e. The highest BCUT2D eigenvalue weighted by atomic mass is 19.4. The number of aromatic nitrogens is 3. The Hall–Kier alpha value is -3.18. The van der Waals surface area contributed by atoms with Gasteiger partial charge in [0.25, 0.3) is 5.95 Å². The number of piperazine rings is 1. The monoisotopic (exact) mass is 476 g/mol. The Kier molecular flexibility index (Phi) is 7.32. The van der Waals surface area contributed by atoms with E-state index in [0.717, 1.165) is 16.8 Å². The lowest BCUT2D eigenvalue weighted by Crippen LogP contribution is -2.48. The molecule has 8 nitrogen and oxygen atoms in total. The number of anilines is 1. The van der Waals surface area contributed by atoms with Crippen molar-refractivity contribution in [3.63, 3.8) is 0 Å². The van der Waals surface area contributed by atoms with Crippen molar-refractivity contribution in [2.75, 3.05) is 38.0 Å². The van der Waals surface area contributed by atoms with E-state index in [1.807, 2.05) is 36.4 Å². The van der Waals surface area contributed by atoms with Crippen molar-refractivity contribution >= 4 is 17.7 Å². The summed E-state index contributed by atoms with van der Waals surface area (Å²) in [5.41, 5.74) is 3.22. The van der Waals surface area contributed by atoms with Gasteiger partial charge in [0.1, 0.15) is 0 Å². The Morgan fingerprint density at radius 1 is 0.971 bits per heavy atom. The number of alkyl halides is 3. The summed E-state index contributed by atoms with van der Waals surface area (Å²) in [6.45, 7) is 1.80. The van der Waals surface area contributed by atoms with E-state index in [9.17, 15) is 18.0 Å². The topological polar surface area (TPSA) is 86.0 Å². The summed E-state index contributed by atoms with van der Waals surface area (Å²) in [6, 6.07) is 13.2. The zero-order valence-electron chi connectivity index (χ0n) is 18.6. The van der Waals surface area contributed by atoms with Crippen molar-refractivity contribution in [1.82, 2.24) is 24.4 Å². The number of halogens is 3. The minimum absolute atomic E-state index is 0.00114. The third-order valence-electron chi connectivity index (χ3n) is 5.46. The van der Waals surface area contributed by atoms with Gasteiger partial charge in [0.15, 0.2) is 5.65 Å². The first-order chi connectivity index (χ1) is 16.3. The van der Waals surface area contributed by atoms with Crippen molar-refractivity contribution in [2.24, 2.45) is 0 Å². The quantitative estimate of drug-likeness (QED) is 0.570. The molecule has 0 unspecified atom stereocenters. The van der Waals surface area contributed by atoms with Gasteiger partial charge in [-0.3, -0.25) is 15.1 Å². The molecule has 1 aliphatic heterocycles. The molecule has 0 atom stereocenters. The lowest BCUT2D eigenvalue weighted by atomic mass is 10.1. The van der Waals surface area contributed by atoms with Crippen LogP contribution in [0.1, 0.15) is 24.8 Å². The molecule has 1 amide bonds. The van der Waals surface area contributed by atoms with Gasteiger partial charge in [-0.15, -0.1) is 5.10 Å². The van der Waals surface area contributed by atoms with Crippen LogP contribution in [0, 0.1) is 0 Å². The van der Waals surface area contributed by atoms with Crippen LogP contribution in [0.4, 0.5) is 23.9 Å². The first-order valence-corrected chi connectivity index (χ1v) is 11.2. The van der Waals surface area contributed by atoms with Gasteiger partial charge in [-0.25, -0.2) is 9.31 Å². The number of rotatable bonds is 5. The van der Waals surface area contributed by atoms with Crippen LogP contribution in [0.2, 0.25) is 0 Å². The Morgan fingerprint density at radius 2 is 1.62 bits per heavy atom. The molecule has 1 saturated carbocycles. The second kappa shape index (κ2) is 10.4. The molecule has 182 valence electrons. The molecule has 1 aliphatic carbocycles. The fraction of sp³-hybridized carbons (Fsp3) is 0.435. The number of pyridine rings is 1. The van der Waals surface area contributed by atoms with Crippen molar-refractivity contribution in [3.8, 4) is 11.3 Å². The van der Waals surface area contributed by atoms with E-state index in [0.29, 0.717) is 38.4 Å². The van der Waals surface area contributed by atoms with Crippen LogP contribution < -0.4 is 5.32 Å². The van der Waals surface area contributed by atoms with E-state index >= 15 is 0 Å². The molecule has 2 aromatic heterocycles. The van der Waals surface area contributed by atoms with Crippen molar-refractivity contribution in [1.29, 1.82) is 0 Å². The van der Waals surface area contributed by atoms with Crippen LogP contribution in [0.25, 0.3) is 16.9 Å². The highest BCUT2D eigenvalue weighted by Crippen LogP contribution is 2.23. The minimum Gasteiger partial charge on any atom is -0.465 e. The second-order valence-electron chi connectivity index (χ2n) is 8.47. The number of nitrogens with one attached hydrogen (secondary N) is 1. The standard InChI is InChI=1S/C20H21F3N6O2.C3H6/c21-20(22,23)13-28-10-8-27(9-11-28)12-14-4-6-15(7-5-14)16-2-1-3-17-24-18(25-19(30)31)26-29(16)17;1-2-3-1/h1-7H,8-13H2,(H,25,26)(H,30,31);1-3H2. The first kappa shape index (κ1) is 24.0. The van der Waals surface area contributed by atoms with Gasteiger partial charge in [0.05, 0.1) is 12.2 Å². The molecule has 1 aromatic carbocycles. The van der Waals surface area contributed by atoms with E-state index in [1.165, 1.54) is 24.2 Å². The summed E-state index contributed by atoms with van der Waals surface area (Å²) in [7, 11) is 0. The van der Waals surface area contributed by atoms with Crippen LogP contribution >= 0.6 is 0 Å². The lowest BCUT2D eigenvalue weighted by Gasteiger charge is -2.35. The van der Waals surface area contributed by atoms with Crippen LogP contribution in [0.15, 0.2) is 42.5 Å². The smallest absolute Gasteiger partial charge is 0.411 e. The molecule has 2 aliphatic rings.